The standard InChI is InChI=1S/C39H48N12O6S/c1-23-17-32(58-46-23)45-35-33(34(40)53)41-20-30(43-35)50-10-2-3-25(22-50)19-42-39(57)49-15-13-47(14-16-49)21-24-8-11-48(12-9-24)26-4-5-27-28(18-26)38(56)51(37(27)55)29-6-7-31(52)44-36(29)54/h4-5,17-18,20,24-25,29H,2-3,6-16,19,21-22H2,1H3,(H2,40,53)(H,42,57)(H,43,45)(H,44,52,54)/t25-,29?/m0/s1. The Kier molecular flexibility index (Phi) is 11.2. The molecule has 0 spiro atoms. The minimum atomic E-state index is -0.981. The Hall–Kier alpha value is -5.69. The van der Waals surface area contributed by atoms with E-state index in [0.717, 1.165) is 86.2 Å². The van der Waals surface area contributed by atoms with Crippen LogP contribution in [0.5, 0.6) is 0 Å². The van der Waals surface area contributed by atoms with E-state index in [2.05, 4.69) is 40.0 Å². The average molecular weight is 813 g/mol. The Morgan fingerprint density at radius 1 is 0.914 bits per heavy atom. The molecule has 3 aromatic rings. The van der Waals surface area contributed by atoms with Gasteiger partial charge in [-0.25, -0.2) is 14.8 Å². The van der Waals surface area contributed by atoms with Crippen LogP contribution in [0.4, 0.5) is 27.1 Å². The van der Waals surface area contributed by atoms with E-state index in [9.17, 15) is 28.8 Å². The lowest BCUT2D eigenvalue weighted by atomic mass is 9.95. The summed E-state index contributed by atoms with van der Waals surface area (Å²) in [6.07, 6.45) is 5.68. The van der Waals surface area contributed by atoms with E-state index >= 15 is 0 Å². The molecule has 0 radical (unpaired) electrons. The van der Waals surface area contributed by atoms with Crippen molar-refractivity contribution in [1.29, 1.82) is 0 Å². The van der Waals surface area contributed by atoms with Crippen molar-refractivity contribution in [2.45, 2.75) is 51.5 Å². The second kappa shape index (κ2) is 16.7. The van der Waals surface area contributed by atoms with Crippen molar-refractivity contribution in [2.24, 2.45) is 17.6 Å². The summed E-state index contributed by atoms with van der Waals surface area (Å²) in [6.45, 7) is 9.48. The van der Waals surface area contributed by atoms with Gasteiger partial charge in [0.1, 0.15) is 16.9 Å². The molecule has 0 aliphatic carbocycles. The minimum Gasteiger partial charge on any atom is -0.371 e. The van der Waals surface area contributed by atoms with E-state index in [4.69, 9.17) is 10.7 Å². The average Bonchev–Trinajstić information content (AvgIpc) is 3.75. The summed E-state index contributed by atoms with van der Waals surface area (Å²) < 4.78 is 4.28. The number of aromatic nitrogens is 3. The van der Waals surface area contributed by atoms with Crippen LogP contribution < -0.4 is 31.5 Å². The normalized spacial score (nSPS) is 21.9. The predicted molar refractivity (Wildman–Crippen MR) is 215 cm³/mol. The van der Waals surface area contributed by atoms with Gasteiger partial charge in [0.25, 0.3) is 17.7 Å². The Morgan fingerprint density at radius 3 is 2.41 bits per heavy atom. The first-order valence-corrected chi connectivity index (χ1v) is 20.8. The number of fused-ring (bicyclic) bond motifs is 1. The number of benzene rings is 1. The van der Waals surface area contributed by atoms with E-state index in [1.165, 1.54) is 11.5 Å². The van der Waals surface area contributed by atoms with Crippen molar-refractivity contribution in [3.63, 3.8) is 0 Å². The first-order chi connectivity index (χ1) is 28.0. The number of imide groups is 2. The monoisotopic (exact) mass is 812 g/mol. The van der Waals surface area contributed by atoms with Crippen LogP contribution in [0.2, 0.25) is 0 Å². The van der Waals surface area contributed by atoms with Gasteiger partial charge >= 0.3 is 6.03 Å². The molecule has 0 saturated carbocycles. The fourth-order valence-electron chi connectivity index (χ4n) is 8.65. The van der Waals surface area contributed by atoms with Crippen molar-refractivity contribution in [2.75, 3.05) is 80.6 Å². The predicted octanol–water partition coefficient (Wildman–Crippen LogP) is 1.95. The molecule has 2 aromatic heterocycles. The number of nitrogens with zero attached hydrogens (tertiary/aromatic N) is 8. The SMILES string of the molecule is Cc1cc(Nc2nc(N3CCC[C@@H](CNC(=O)N4CCN(CC5CCN(c6ccc7c(c6)C(=O)N(C6CCC(=O)NC6=O)C7=O)CC5)CC4)C3)cnc2C(N)=O)sn1. The van der Waals surface area contributed by atoms with Crippen molar-refractivity contribution >= 4 is 69.4 Å². The fraction of sp³-hybridized carbons (Fsp3) is 0.513. The maximum absolute atomic E-state index is 13.3. The van der Waals surface area contributed by atoms with E-state index in [-0.39, 0.29) is 36.0 Å². The lowest BCUT2D eigenvalue weighted by molar-refractivity contribution is -0.136. The lowest BCUT2D eigenvalue weighted by Gasteiger charge is -2.39. The minimum absolute atomic E-state index is 0.0446. The molecule has 1 unspecified atom stereocenters. The number of rotatable bonds is 10. The largest absolute Gasteiger partial charge is 0.371 e. The highest BCUT2D eigenvalue weighted by Crippen LogP contribution is 2.33. The van der Waals surface area contributed by atoms with Gasteiger partial charge in [-0.05, 0) is 86.7 Å². The molecule has 2 atom stereocenters. The van der Waals surface area contributed by atoms with E-state index in [1.54, 1.807) is 18.3 Å². The van der Waals surface area contributed by atoms with Gasteiger partial charge in [-0.15, -0.1) is 0 Å². The van der Waals surface area contributed by atoms with Crippen LogP contribution in [0.1, 0.15) is 75.4 Å². The third kappa shape index (κ3) is 8.31. The molecule has 5 aliphatic rings. The number of amides is 7. The maximum atomic E-state index is 13.3. The zero-order chi connectivity index (χ0) is 40.5. The lowest BCUT2D eigenvalue weighted by Crippen LogP contribution is -2.54. The number of nitrogens with two attached hydrogens (primary N) is 1. The van der Waals surface area contributed by atoms with Crippen molar-refractivity contribution in [3.05, 3.63) is 53.0 Å². The van der Waals surface area contributed by atoms with Crippen LogP contribution in [0, 0.1) is 18.8 Å². The van der Waals surface area contributed by atoms with Crippen molar-refractivity contribution < 1.29 is 28.8 Å². The molecule has 7 amide bonds. The Balaban J connectivity index is 0.769. The molecule has 0 bridgehead atoms. The van der Waals surface area contributed by atoms with Gasteiger partial charge in [-0.3, -0.25) is 39.1 Å². The molecule has 4 saturated heterocycles. The number of urea groups is 1. The highest BCUT2D eigenvalue weighted by molar-refractivity contribution is 7.10. The third-order valence-corrected chi connectivity index (χ3v) is 12.6. The molecule has 1 aromatic carbocycles. The topological polar surface area (TPSA) is 219 Å². The number of nitrogens with one attached hydrogen (secondary N) is 3. The molecule has 4 fully saturated rings. The molecule has 19 heteroatoms. The van der Waals surface area contributed by atoms with Crippen LogP contribution in [0.15, 0.2) is 30.5 Å². The number of hydrogen-bond donors (Lipinski definition) is 4. The first kappa shape index (κ1) is 39.2. The van der Waals surface area contributed by atoms with Crippen LogP contribution in [0.25, 0.3) is 0 Å². The number of hydrogen-bond acceptors (Lipinski definition) is 14. The Morgan fingerprint density at radius 2 is 1.69 bits per heavy atom. The van der Waals surface area contributed by atoms with Crippen LogP contribution >= 0.6 is 11.5 Å². The first-order valence-electron chi connectivity index (χ1n) is 20.0. The molecule has 58 heavy (non-hydrogen) atoms. The molecule has 5 N–H and O–H groups in total. The van der Waals surface area contributed by atoms with Gasteiger partial charge in [0.05, 0.1) is 23.0 Å². The Labute approximate surface area is 339 Å². The molecule has 8 rings (SSSR count). The maximum Gasteiger partial charge on any atom is 0.317 e. The number of aryl methyl sites for hydroxylation is 1. The van der Waals surface area contributed by atoms with Crippen molar-refractivity contribution in [1.82, 2.24) is 39.7 Å². The van der Waals surface area contributed by atoms with Crippen LogP contribution in [-0.2, 0) is 9.59 Å². The summed E-state index contributed by atoms with van der Waals surface area (Å²) in [7, 11) is 0. The van der Waals surface area contributed by atoms with Gasteiger partial charge in [-0.2, -0.15) is 4.37 Å². The highest BCUT2D eigenvalue weighted by atomic mass is 32.1. The smallest absolute Gasteiger partial charge is 0.317 e. The van der Waals surface area contributed by atoms with Gasteiger partial charge in [0, 0.05) is 77.6 Å². The van der Waals surface area contributed by atoms with Gasteiger partial charge in [-0.1, -0.05) is 0 Å². The highest BCUT2D eigenvalue weighted by Gasteiger charge is 2.45. The molecule has 7 heterocycles. The van der Waals surface area contributed by atoms with Crippen LogP contribution in [-0.4, -0.2) is 136 Å². The second-order valence-electron chi connectivity index (χ2n) is 15.8. The summed E-state index contributed by atoms with van der Waals surface area (Å²) in [6, 6.07) is 6.14. The Bertz CT molecular complexity index is 2110. The van der Waals surface area contributed by atoms with E-state index in [0.29, 0.717) is 49.3 Å². The zero-order valence-corrected chi connectivity index (χ0v) is 33.3. The number of piperazine rings is 1. The van der Waals surface area contributed by atoms with E-state index in [1.807, 2.05) is 24.0 Å². The number of carbonyl (C=O) groups is 6. The number of primary amides is 1. The zero-order valence-electron chi connectivity index (χ0n) is 32.4. The summed E-state index contributed by atoms with van der Waals surface area (Å²) in [5.41, 5.74) is 7.96. The summed E-state index contributed by atoms with van der Waals surface area (Å²) in [4.78, 5) is 94.6. The third-order valence-electron chi connectivity index (χ3n) is 11.8. The van der Waals surface area contributed by atoms with Crippen LogP contribution in [0.3, 0.4) is 0 Å². The fourth-order valence-corrected chi connectivity index (χ4v) is 9.31. The number of anilines is 4. The quantitative estimate of drug-likeness (QED) is 0.216. The summed E-state index contributed by atoms with van der Waals surface area (Å²) in [5.74, 6) is -0.994. The van der Waals surface area contributed by atoms with E-state index < -0.39 is 35.6 Å². The molecular weight excluding hydrogens is 765 g/mol. The molecule has 306 valence electrons. The van der Waals surface area contributed by atoms with Gasteiger partial charge in [0.2, 0.25) is 11.8 Å². The number of piperidine rings is 3. The molecule has 5 aliphatic heterocycles. The van der Waals surface area contributed by atoms with Gasteiger partial charge < -0.3 is 31.1 Å². The van der Waals surface area contributed by atoms with Crippen molar-refractivity contribution in [3.8, 4) is 0 Å². The second-order valence-corrected chi connectivity index (χ2v) is 16.6. The molecular formula is C39H48N12O6S. The number of carbonyl (C=O) groups excluding carboxylic acids is 6. The summed E-state index contributed by atoms with van der Waals surface area (Å²) in [5, 5.41) is 9.30. The van der Waals surface area contributed by atoms with Gasteiger partial charge in [0.15, 0.2) is 11.5 Å². The molecule has 18 nitrogen and oxygen atoms in total. The summed E-state index contributed by atoms with van der Waals surface area (Å²) >= 11 is 1.27.